The van der Waals surface area contributed by atoms with Crippen LogP contribution in [-0.4, -0.2) is 24.2 Å². The fraction of sp³-hybridized carbons (Fsp3) is 0.938. The Morgan fingerprint density at radius 2 is 1.95 bits per heavy atom. The molecule has 1 N–H and O–H groups in total. The smallest absolute Gasteiger partial charge is 0.326 e. The van der Waals surface area contributed by atoms with E-state index in [4.69, 9.17) is 4.74 Å². The van der Waals surface area contributed by atoms with Crippen LogP contribution in [0.15, 0.2) is 0 Å². The van der Waals surface area contributed by atoms with Crippen molar-refractivity contribution in [1.29, 1.82) is 0 Å². The highest BCUT2D eigenvalue weighted by atomic mass is 16.5. The molecule has 1 saturated heterocycles. The first-order valence-electron chi connectivity index (χ1n) is 8.21. The first kappa shape index (κ1) is 13.4. The van der Waals surface area contributed by atoms with E-state index in [0.717, 1.165) is 31.7 Å². The fourth-order valence-corrected chi connectivity index (χ4v) is 4.32. The lowest BCUT2D eigenvalue weighted by Crippen LogP contribution is -2.63. The second kappa shape index (κ2) is 5.43. The molecule has 1 aliphatic heterocycles. The largest absolute Gasteiger partial charge is 0.461 e. The highest BCUT2D eigenvalue weighted by Crippen LogP contribution is 2.42. The first-order chi connectivity index (χ1) is 9.25. The Hall–Kier alpha value is -0.570. The third-order valence-corrected chi connectivity index (χ3v) is 5.78. The van der Waals surface area contributed by atoms with Gasteiger partial charge in [-0.25, -0.2) is 0 Å². The minimum absolute atomic E-state index is 0.0254. The van der Waals surface area contributed by atoms with Crippen LogP contribution >= 0.6 is 0 Å². The number of carbonyl (C=O) groups is 1. The van der Waals surface area contributed by atoms with Crippen molar-refractivity contribution in [2.75, 3.05) is 6.54 Å². The van der Waals surface area contributed by atoms with E-state index in [-0.39, 0.29) is 17.6 Å². The number of hydrogen-bond donors (Lipinski definition) is 1. The van der Waals surface area contributed by atoms with Crippen LogP contribution in [0.25, 0.3) is 0 Å². The molecule has 0 bridgehead atoms. The molecule has 19 heavy (non-hydrogen) atoms. The van der Waals surface area contributed by atoms with Crippen LogP contribution in [0, 0.1) is 11.8 Å². The molecule has 3 heteroatoms. The number of rotatable bonds is 3. The van der Waals surface area contributed by atoms with Gasteiger partial charge in [-0.15, -0.1) is 0 Å². The van der Waals surface area contributed by atoms with Crippen molar-refractivity contribution in [3.8, 4) is 0 Å². The molecule has 0 aromatic rings. The molecule has 3 aliphatic rings. The van der Waals surface area contributed by atoms with Gasteiger partial charge in [0.1, 0.15) is 11.6 Å². The summed E-state index contributed by atoms with van der Waals surface area (Å²) in [6.07, 6.45) is 11.0. The Morgan fingerprint density at radius 1 is 1.21 bits per heavy atom. The second-order valence-corrected chi connectivity index (χ2v) is 6.70. The molecule has 0 radical (unpaired) electrons. The van der Waals surface area contributed by atoms with E-state index in [1.807, 2.05) is 0 Å². The zero-order chi connectivity index (χ0) is 13.3. The number of esters is 1. The topological polar surface area (TPSA) is 38.3 Å². The lowest BCUT2D eigenvalue weighted by Gasteiger charge is -2.44. The van der Waals surface area contributed by atoms with Gasteiger partial charge in [0, 0.05) is 0 Å². The van der Waals surface area contributed by atoms with Gasteiger partial charge < -0.3 is 10.1 Å². The van der Waals surface area contributed by atoms with Crippen molar-refractivity contribution in [2.24, 2.45) is 11.8 Å². The summed E-state index contributed by atoms with van der Waals surface area (Å²) in [6.45, 7) is 3.04. The standard InChI is InChI=1S/C16H27NO2/c1-2-16(10-11-17-16)15(18)19-14-9-5-7-12-6-3-4-8-13(12)14/h12-14,17H,2-11H2,1H3. The summed E-state index contributed by atoms with van der Waals surface area (Å²) in [5.74, 6) is 1.50. The molecular weight excluding hydrogens is 238 g/mol. The Balaban J connectivity index is 1.63. The van der Waals surface area contributed by atoms with Crippen molar-refractivity contribution >= 4 is 5.97 Å². The monoisotopic (exact) mass is 265 g/mol. The molecule has 108 valence electrons. The average molecular weight is 265 g/mol. The van der Waals surface area contributed by atoms with Gasteiger partial charge in [-0.05, 0) is 56.9 Å². The lowest BCUT2D eigenvalue weighted by atomic mass is 9.69. The zero-order valence-corrected chi connectivity index (χ0v) is 12.1. The SMILES string of the molecule is CCC1(C(=O)OC2CCCC3CCCCC32)CCN1. The Bertz CT molecular complexity index is 330. The summed E-state index contributed by atoms with van der Waals surface area (Å²) in [5.41, 5.74) is -0.346. The van der Waals surface area contributed by atoms with Crippen LogP contribution in [0.2, 0.25) is 0 Å². The zero-order valence-electron chi connectivity index (χ0n) is 12.1. The highest BCUT2D eigenvalue weighted by Gasteiger charge is 2.46. The van der Waals surface area contributed by atoms with Gasteiger partial charge in [0.2, 0.25) is 0 Å². The van der Waals surface area contributed by atoms with Crippen LogP contribution in [0.1, 0.15) is 64.7 Å². The predicted molar refractivity (Wildman–Crippen MR) is 74.8 cm³/mol. The summed E-state index contributed by atoms with van der Waals surface area (Å²) in [4.78, 5) is 12.4. The van der Waals surface area contributed by atoms with Crippen LogP contribution in [0.3, 0.4) is 0 Å². The Labute approximate surface area is 116 Å². The molecule has 4 unspecified atom stereocenters. The highest BCUT2D eigenvalue weighted by molar-refractivity contribution is 5.82. The molecule has 0 spiro atoms. The van der Waals surface area contributed by atoms with Crippen LogP contribution < -0.4 is 5.32 Å². The molecule has 3 rings (SSSR count). The van der Waals surface area contributed by atoms with E-state index in [1.165, 1.54) is 38.5 Å². The van der Waals surface area contributed by atoms with E-state index in [9.17, 15) is 4.79 Å². The van der Waals surface area contributed by atoms with E-state index in [1.54, 1.807) is 0 Å². The number of carbonyl (C=O) groups excluding carboxylic acids is 1. The molecule has 2 saturated carbocycles. The van der Waals surface area contributed by atoms with Gasteiger partial charge >= 0.3 is 5.97 Å². The maximum absolute atomic E-state index is 12.4. The summed E-state index contributed by atoms with van der Waals surface area (Å²) in [7, 11) is 0. The Kier molecular flexibility index (Phi) is 3.84. The minimum atomic E-state index is -0.346. The maximum atomic E-state index is 12.4. The van der Waals surface area contributed by atoms with Crippen molar-refractivity contribution in [3.63, 3.8) is 0 Å². The van der Waals surface area contributed by atoms with Crippen LogP contribution in [-0.2, 0) is 9.53 Å². The molecule has 1 heterocycles. The molecule has 0 aromatic heterocycles. The summed E-state index contributed by atoms with van der Waals surface area (Å²) in [6, 6.07) is 0. The average Bonchev–Trinajstić information content (AvgIpc) is 2.38. The number of nitrogens with one attached hydrogen (secondary N) is 1. The number of fused-ring (bicyclic) bond motifs is 1. The summed E-state index contributed by atoms with van der Waals surface area (Å²) in [5, 5.41) is 3.30. The van der Waals surface area contributed by atoms with E-state index in [0.29, 0.717) is 5.92 Å². The van der Waals surface area contributed by atoms with Gasteiger partial charge in [-0.2, -0.15) is 0 Å². The van der Waals surface area contributed by atoms with Crippen molar-refractivity contribution in [1.82, 2.24) is 5.32 Å². The molecule has 4 atom stereocenters. The van der Waals surface area contributed by atoms with Crippen molar-refractivity contribution in [3.05, 3.63) is 0 Å². The third-order valence-electron chi connectivity index (χ3n) is 5.78. The molecular formula is C16H27NO2. The normalized spacial score (nSPS) is 42.1. The van der Waals surface area contributed by atoms with Gasteiger partial charge in [0.25, 0.3) is 0 Å². The van der Waals surface area contributed by atoms with Gasteiger partial charge in [-0.1, -0.05) is 26.2 Å². The molecule has 2 aliphatic carbocycles. The fourth-order valence-electron chi connectivity index (χ4n) is 4.32. The number of ether oxygens (including phenoxy) is 1. The molecule has 0 aromatic carbocycles. The Morgan fingerprint density at radius 3 is 2.63 bits per heavy atom. The van der Waals surface area contributed by atoms with Crippen LogP contribution in [0.4, 0.5) is 0 Å². The third kappa shape index (κ3) is 2.42. The maximum Gasteiger partial charge on any atom is 0.326 e. The van der Waals surface area contributed by atoms with E-state index < -0.39 is 0 Å². The van der Waals surface area contributed by atoms with Crippen molar-refractivity contribution < 1.29 is 9.53 Å². The number of hydrogen-bond acceptors (Lipinski definition) is 3. The van der Waals surface area contributed by atoms with E-state index >= 15 is 0 Å². The van der Waals surface area contributed by atoms with E-state index in [2.05, 4.69) is 12.2 Å². The van der Waals surface area contributed by atoms with Gasteiger partial charge in [0.05, 0.1) is 0 Å². The molecule has 3 nitrogen and oxygen atoms in total. The molecule has 0 amide bonds. The van der Waals surface area contributed by atoms with Crippen molar-refractivity contribution in [2.45, 2.75) is 76.4 Å². The summed E-state index contributed by atoms with van der Waals surface area (Å²) < 4.78 is 5.96. The van der Waals surface area contributed by atoms with Gasteiger partial charge in [0.15, 0.2) is 0 Å². The summed E-state index contributed by atoms with van der Waals surface area (Å²) >= 11 is 0. The minimum Gasteiger partial charge on any atom is -0.461 e. The lowest BCUT2D eigenvalue weighted by molar-refractivity contribution is -0.168. The quantitative estimate of drug-likeness (QED) is 0.797. The van der Waals surface area contributed by atoms with Crippen LogP contribution in [0.5, 0.6) is 0 Å². The molecule has 3 fully saturated rings. The first-order valence-corrected chi connectivity index (χ1v) is 8.21. The second-order valence-electron chi connectivity index (χ2n) is 6.70. The van der Waals surface area contributed by atoms with Gasteiger partial charge in [-0.3, -0.25) is 4.79 Å². The predicted octanol–water partition coefficient (Wildman–Crippen LogP) is 3.03.